The Hall–Kier alpha value is -2.74. The molecule has 0 aromatic heterocycles. The molecule has 5 amide bonds. The number of likely N-dealkylation sites (N-methyl/N-ethyl adjacent to an activating group) is 1. The zero-order chi connectivity index (χ0) is 36.1. The van der Waals surface area contributed by atoms with Crippen LogP contribution in [0.25, 0.3) is 0 Å². The van der Waals surface area contributed by atoms with E-state index in [4.69, 9.17) is 5.73 Å². The van der Waals surface area contributed by atoms with E-state index in [1.54, 1.807) is 4.90 Å². The molecule has 5 aliphatic rings. The number of amides is 5. The normalized spacial score (nSPS) is 27.6. The third-order valence-corrected chi connectivity index (χ3v) is 13.9. The van der Waals surface area contributed by atoms with Gasteiger partial charge in [0.1, 0.15) is 12.1 Å². The third kappa shape index (κ3) is 8.26. The van der Waals surface area contributed by atoms with Crippen molar-refractivity contribution < 1.29 is 32.4 Å². The van der Waals surface area contributed by atoms with Crippen molar-refractivity contribution in [1.29, 1.82) is 0 Å². The summed E-state index contributed by atoms with van der Waals surface area (Å²) in [5, 5.41) is 8.87. The Balaban J connectivity index is 1.42. The summed E-state index contributed by atoms with van der Waals surface area (Å²) in [6.07, 6.45) is 11.5. The van der Waals surface area contributed by atoms with Crippen LogP contribution >= 0.6 is 0 Å². The minimum Gasteiger partial charge on any atom is -0.363 e. The molecule has 1 saturated heterocycles. The van der Waals surface area contributed by atoms with Crippen LogP contribution in [-0.2, 0) is 29.2 Å². The van der Waals surface area contributed by atoms with E-state index < -0.39 is 68.6 Å². The SMILES string of the molecule is CN(C[C@@H](NC(=O)N[C@H](C(=O)N1C[C@H]2[C@H](CCC23CC3)[C@H]1C(=O)NC(CC1CC1)C(=O)C(N)=O)C1(C)CCCCC1)C(C)(C)C)S(C)(=O)=O. The Bertz CT molecular complexity index is 1430. The van der Waals surface area contributed by atoms with Gasteiger partial charge in [0.15, 0.2) is 0 Å². The molecule has 1 spiro atoms. The number of ketones is 1. The summed E-state index contributed by atoms with van der Waals surface area (Å²) in [4.78, 5) is 69.4. The summed E-state index contributed by atoms with van der Waals surface area (Å²) >= 11 is 0. The lowest BCUT2D eigenvalue weighted by Gasteiger charge is -2.43. The highest BCUT2D eigenvalue weighted by molar-refractivity contribution is 7.88. The quantitative estimate of drug-likeness (QED) is 0.212. The van der Waals surface area contributed by atoms with Crippen LogP contribution in [-0.4, -0.2) is 97.7 Å². The topological polar surface area (TPSA) is 188 Å². The number of carbonyl (C=O) groups excluding carboxylic acids is 5. The first-order valence-electron chi connectivity index (χ1n) is 18.2. The van der Waals surface area contributed by atoms with Crippen LogP contribution in [0, 0.1) is 34.0 Å². The lowest BCUT2D eigenvalue weighted by molar-refractivity contribution is -0.145. The number of nitrogens with zero attached hydrogens (tertiary/aromatic N) is 2. The standard InChI is InChI=1S/C35H58N6O7S/c1-33(2,3)25(20-40(5)49(6,47)48)38-32(46)39-28(34(4)13-8-7-9-14-34)31(45)41-19-23-22(12-15-35(23)16-17-35)26(41)30(44)37-24(18-21-10-11-21)27(42)29(36)43/h21-26,28H,7-20H2,1-6H3,(H2,36,43)(H,37,44)(H2,38,39,46)/t22-,23-,24?,25+,26-,28+/m0/s1. The Morgan fingerprint density at radius 1 is 0.939 bits per heavy atom. The molecule has 1 heterocycles. The van der Waals surface area contributed by atoms with Crippen molar-refractivity contribution >= 4 is 39.6 Å². The molecule has 1 aliphatic heterocycles. The fourth-order valence-electron chi connectivity index (χ4n) is 8.86. The summed E-state index contributed by atoms with van der Waals surface area (Å²) in [7, 11) is -2.03. The van der Waals surface area contributed by atoms with Gasteiger partial charge in [-0.1, -0.05) is 59.8 Å². The van der Waals surface area contributed by atoms with Gasteiger partial charge in [0.05, 0.1) is 12.3 Å². The van der Waals surface area contributed by atoms with Gasteiger partial charge < -0.3 is 26.6 Å². The van der Waals surface area contributed by atoms with Crippen LogP contribution in [0.4, 0.5) is 4.79 Å². The number of nitrogens with two attached hydrogens (primary N) is 1. The number of primary amides is 1. The first kappa shape index (κ1) is 37.5. The number of rotatable bonds is 13. The predicted octanol–water partition coefficient (Wildman–Crippen LogP) is 2.29. The van der Waals surface area contributed by atoms with E-state index in [-0.39, 0.29) is 35.6 Å². The van der Waals surface area contributed by atoms with Crippen molar-refractivity contribution in [3.8, 4) is 0 Å². The number of hydrogen-bond donors (Lipinski definition) is 4. The molecule has 4 saturated carbocycles. The minimum absolute atomic E-state index is 0.0531. The Morgan fingerprint density at radius 3 is 2.10 bits per heavy atom. The fourth-order valence-corrected chi connectivity index (χ4v) is 9.28. The van der Waals surface area contributed by atoms with Crippen molar-refractivity contribution in [3.63, 3.8) is 0 Å². The van der Waals surface area contributed by atoms with E-state index in [0.717, 1.165) is 76.9 Å². The summed E-state index contributed by atoms with van der Waals surface area (Å²) in [6.45, 7) is 8.23. The van der Waals surface area contributed by atoms with E-state index in [9.17, 15) is 32.4 Å². The largest absolute Gasteiger partial charge is 0.363 e. The molecule has 4 aliphatic carbocycles. The van der Waals surface area contributed by atoms with Crippen molar-refractivity contribution in [3.05, 3.63) is 0 Å². The maximum Gasteiger partial charge on any atom is 0.315 e. The monoisotopic (exact) mass is 706 g/mol. The number of sulfonamides is 1. The molecule has 5 rings (SSSR count). The molecular weight excluding hydrogens is 648 g/mol. The molecule has 0 radical (unpaired) electrons. The fraction of sp³-hybridized carbons (Fsp3) is 0.857. The van der Waals surface area contributed by atoms with Gasteiger partial charge in [-0.25, -0.2) is 17.5 Å². The van der Waals surface area contributed by atoms with Crippen molar-refractivity contribution in [2.24, 2.45) is 39.7 Å². The minimum atomic E-state index is -3.50. The van der Waals surface area contributed by atoms with Crippen molar-refractivity contribution in [1.82, 2.24) is 25.2 Å². The van der Waals surface area contributed by atoms with Gasteiger partial charge in [-0.2, -0.15) is 0 Å². The van der Waals surface area contributed by atoms with Crippen LogP contribution in [0.2, 0.25) is 0 Å². The zero-order valence-corrected chi connectivity index (χ0v) is 31.0. The van der Waals surface area contributed by atoms with Gasteiger partial charge >= 0.3 is 6.03 Å². The number of likely N-dealkylation sites (tertiary alicyclic amines) is 1. The molecule has 0 aromatic carbocycles. The summed E-state index contributed by atoms with van der Waals surface area (Å²) in [6, 6.07) is -3.92. The molecule has 5 fully saturated rings. The van der Waals surface area contributed by atoms with Crippen LogP contribution in [0.1, 0.15) is 105 Å². The second kappa shape index (κ2) is 13.8. The van der Waals surface area contributed by atoms with E-state index in [1.807, 2.05) is 27.7 Å². The molecular formula is C35H58N6O7S. The molecule has 49 heavy (non-hydrogen) atoms. The van der Waals surface area contributed by atoms with Gasteiger partial charge in [0.2, 0.25) is 27.6 Å². The van der Waals surface area contributed by atoms with Crippen LogP contribution in [0.5, 0.6) is 0 Å². The average molecular weight is 707 g/mol. The molecule has 6 atom stereocenters. The third-order valence-electron chi connectivity index (χ3n) is 12.6. The number of urea groups is 1. The van der Waals surface area contributed by atoms with E-state index in [1.165, 1.54) is 11.4 Å². The predicted molar refractivity (Wildman–Crippen MR) is 184 cm³/mol. The Morgan fingerprint density at radius 2 is 1.57 bits per heavy atom. The highest BCUT2D eigenvalue weighted by Gasteiger charge is 2.64. The van der Waals surface area contributed by atoms with Gasteiger partial charge in [0, 0.05) is 26.2 Å². The molecule has 0 bridgehead atoms. The number of carbonyl (C=O) groups is 5. The first-order chi connectivity index (χ1) is 22.8. The number of nitrogens with one attached hydrogen (secondary N) is 3. The van der Waals surface area contributed by atoms with Gasteiger partial charge in [-0.15, -0.1) is 0 Å². The summed E-state index contributed by atoms with van der Waals surface area (Å²) in [5.74, 6) is -2.35. The maximum absolute atomic E-state index is 14.9. The van der Waals surface area contributed by atoms with Crippen LogP contribution in [0.3, 0.4) is 0 Å². The summed E-state index contributed by atoms with van der Waals surface area (Å²) in [5.41, 5.74) is 4.43. The smallest absolute Gasteiger partial charge is 0.315 e. The molecule has 13 nitrogen and oxygen atoms in total. The second-order valence-corrected chi connectivity index (χ2v) is 19.4. The molecule has 276 valence electrons. The number of fused-ring (bicyclic) bond motifs is 2. The molecule has 1 unspecified atom stereocenters. The Labute approximate surface area is 291 Å². The lowest BCUT2D eigenvalue weighted by Crippen LogP contribution is -2.63. The highest BCUT2D eigenvalue weighted by Crippen LogP contribution is 2.66. The van der Waals surface area contributed by atoms with Gasteiger partial charge in [-0.05, 0) is 78.9 Å². The molecule has 14 heteroatoms. The van der Waals surface area contributed by atoms with Gasteiger partial charge in [0.25, 0.3) is 5.91 Å². The number of hydrogen-bond acceptors (Lipinski definition) is 7. The van der Waals surface area contributed by atoms with Crippen molar-refractivity contribution in [2.45, 2.75) is 129 Å². The zero-order valence-electron chi connectivity index (χ0n) is 30.2. The first-order valence-corrected chi connectivity index (χ1v) is 20.0. The summed E-state index contributed by atoms with van der Waals surface area (Å²) < 4.78 is 25.7. The number of Topliss-reactive ketones (excluding diaryl/α,β-unsaturated/α-hetero) is 1. The van der Waals surface area contributed by atoms with E-state index in [0.29, 0.717) is 13.0 Å². The van der Waals surface area contributed by atoms with E-state index in [2.05, 4.69) is 16.0 Å². The molecule has 5 N–H and O–H groups in total. The lowest BCUT2D eigenvalue weighted by atomic mass is 9.70. The average Bonchev–Trinajstić information content (AvgIpc) is 3.92. The highest BCUT2D eigenvalue weighted by atomic mass is 32.2. The maximum atomic E-state index is 14.9. The van der Waals surface area contributed by atoms with Crippen molar-refractivity contribution in [2.75, 3.05) is 26.4 Å². The Kier molecular flexibility index (Phi) is 10.5. The van der Waals surface area contributed by atoms with Crippen LogP contribution in [0.15, 0.2) is 0 Å². The molecule has 0 aromatic rings. The van der Waals surface area contributed by atoms with Gasteiger partial charge in [-0.3, -0.25) is 19.2 Å². The van der Waals surface area contributed by atoms with E-state index >= 15 is 0 Å². The van der Waals surface area contributed by atoms with Crippen LogP contribution < -0.4 is 21.7 Å². The second-order valence-electron chi connectivity index (χ2n) is 17.3.